The van der Waals surface area contributed by atoms with Gasteiger partial charge in [-0.2, -0.15) is 0 Å². The van der Waals surface area contributed by atoms with Gasteiger partial charge >= 0.3 is 0 Å². The van der Waals surface area contributed by atoms with Crippen molar-refractivity contribution >= 4 is 7.92 Å². The highest BCUT2D eigenvalue weighted by atomic mass is 31.1. The first-order valence-electron chi connectivity index (χ1n) is 7.72. The van der Waals surface area contributed by atoms with Gasteiger partial charge in [-0.15, -0.1) is 7.92 Å². The van der Waals surface area contributed by atoms with Gasteiger partial charge in [0.25, 0.3) is 0 Å². The zero-order valence-corrected chi connectivity index (χ0v) is 13.3. The number of allylic oxidation sites excluding steroid dienone is 2. The van der Waals surface area contributed by atoms with Crippen LogP contribution < -0.4 is 0 Å². The van der Waals surface area contributed by atoms with Crippen LogP contribution in [0.25, 0.3) is 0 Å². The number of rotatable bonds is 12. The molecule has 0 unspecified atom stereocenters. The van der Waals surface area contributed by atoms with E-state index in [9.17, 15) is 0 Å². The second-order valence-corrected chi connectivity index (χ2v) is 7.61. The third kappa shape index (κ3) is 12.4. The monoisotopic (exact) mass is 256 g/mol. The molecule has 0 aliphatic rings. The lowest BCUT2D eigenvalue weighted by molar-refractivity contribution is 0.675. The molecule has 0 heterocycles. The van der Waals surface area contributed by atoms with Crippen molar-refractivity contribution < 1.29 is 0 Å². The summed E-state index contributed by atoms with van der Waals surface area (Å²) in [6.07, 6.45) is 20.3. The van der Waals surface area contributed by atoms with Crippen molar-refractivity contribution in [1.82, 2.24) is 0 Å². The summed E-state index contributed by atoms with van der Waals surface area (Å²) in [6, 6.07) is 0. The zero-order chi connectivity index (χ0) is 12.8. The summed E-state index contributed by atoms with van der Waals surface area (Å²) in [6.45, 7) is 6.89. The van der Waals surface area contributed by atoms with E-state index in [0.29, 0.717) is 7.92 Å². The van der Waals surface area contributed by atoms with Crippen molar-refractivity contribution in [1.29, 1.82) is 0 Å². The molecule has 0 aromatic carbocycles. The van der Waals surface area contributed by atoms with Gasteiger partial charge in [0, 0.05) is 0 Å². The van der Waals surface area contributed by atoms with Gasteiger partial charge in [-0.1, -0.05) is 58.6 Å². The molecule has 0 spiro atoms. The first-order valence-corrected chi connectivity index (χ1v) is 9.62. The van der Waals surface area contributed by atoms with E-state index in [4.69, 9.17) is 0 Å². The molecular weight excluding hydrogens is 223 g/mol. The van der Waals surface area contributed by atoms with E-state index in [1.165, 1.54) is 63.7 Å². The second-order valence-electron chi connectivity index (χ2n) is 4.92. The molecule has 1 heteroatoms. The third-order valence-corrected chi connectivity index (χ3v) is 6.19. The lowest BCUT2D eigenvalue weighted by Crippen LogP contribution is -1.94. The number of unbranched alkanes of at least 4 members (excludes halogenated alkanes) is 4. The van der Waals surface area contributed by atoms with E-state index >= 15 is 0 Å². The molecule has 0 aliphatic heterocycles. The Morgan fingerprint density at radius 1 is 0.706 bits per heavy atom. The third-order valence-electron chi connectivity index (χ3n) is 3.08. The van der Waals surface area contributed by atoms with E-state index in [-0.39, 0.29) is 0 Å². The van der Waals surface area contributed by atoms with Crippen molar-refractivity contribution in [3.63, 3.8) is 0 Å². The standard InChI is InChI=1S/C16H33P/c1-4-7-8-9-10-11-12-13-16-17(14-5-2)15-6-3/h7-8H,4-6,9-16H2,1-3H3. The second kappa shape index (κ2) is 14.2. The molecule has 0 aliphatic carbocycles. The van der Waals surface area contributed by atoms with Crippen molar-refractivity contribution in [2.75, 3.05) is 18.5 Å². The summed E-state index contributed by atoms with van der Waals surface area (Å²) in [5.74, 6) is 0. The van der Waals surface area contributed by atoms with Crippen LogP contribution in [0.2, 0.25) is 0 Å². The van der Waals surface area contributed by atoms with Crippen LogP contribution in [0.3, 0.4) is 0 Å². The molecule has 0 bridgehead atoms. The van der Waals surface area contributed by atoms with Gasteiger partial charge < -0.3 is 0 Å². The first-order chi connectivity index (χ1) is 8.35. The van der Waals surface area contributed by atoms with Crippen LogP contribution in [0.15, 0.2) is 12.2 Å². The summed E-state index contributed by atoms with van der Waals surface area (Å²) in [5.41, 5.74) is 0. The first kappa shape index (κ1) is 17.2. The van der Waals surface area contributed by atoms with Crippen LogP contribution in [0, 0.1) is 0 Å². The molecule has 102 valence electrons. The molecule has 0 N–H and O–H groups in total. The Hall–Kier alpha value is 0.170. The van der Waals surface area contributed by atoms with Gasteiger partial charge in [0.05, 0.1) is 0 Å². The highest BCUT2D eigenvalue weighted by Gasteiger charge is 2.04. The highest BCUT2D eigenvalue weighted by Crippen LogP contribution is 2.37. The van der Waals surface area contributed by atoms with Crippen molar-refractivity contribution in [3.05, 3.63) is 12.2 Å². The highest BCUT2D eigenvalue weighted by molar-refractivity contribution is 7.57. The maximum atomic E-state index is 2.35. The van der Waals surface area contributed by atoms with Gasteiger partial charge in [0.2, 0.25) is 0 Å². The molecule has 0 nitrogen and oxygen atoms in total. The van der Waals surface area contributed by atoms with Gasteiger partial charge in [0.1, 0.15) is 0 Å². The molecule has 0 aromatic heterocycles. The SMILES string of the molecule is CCC=CCCCCCCP(CCC)CCC. The molecule has 0 saturated carbocycles. The van der Waals surface area contributed by atoms with E-state index in [1.807, 2.05) is 0 Å². The molecule has 0 saturated heterocycles. The summed E-state index contributed by atoms with van der Waals surface area (Å²) >= 11 is 0. The molecule has 0 amide bonds. The number of hydrogen-bond acceptors (Lipinski definition) is 0. The molecule has 0 atom stereocenters. The molecule has 0 aromatic rings. The molecule has 0 radical (unpaired) electrons. The van der Waals surface area contributed by atoms with Gasteiger partial charge in [-0.3, -0.25) is 0 Å². The van der Waals surface area contributed by atoms with Crippen molar-refractivity contribution in [3.8, 4) is 0 Å². The van der Waals surface area contributed by atoms with Crippen LogP contribution in [0.1, 0.15) is 72.1 Å². The van der Waals surface area contributed by atoms with Crippen LogP contribution in [0.5, 0.6) is 0 Å². The van der Waals surface area contributed by atoms with Crippen LogP contribution >= 0.6 is 7.92 Å². The van der Waals surface area contributed by atoms with Gasteiger partial charge in [-0.25, -0.2) is 0 Å². The maximum absolute atomic E-state index is 2.35. The minimum atomic E-state index is 0.395. The summed E-state index contributed by atoms with van der Waals surface area (Å²) < 4.78 is 0. The summed E-state index contributed by atoms with van der Waals surface area (Å²) in [7, 11) is 0.395. The Balaban J connectivity index is 3.32. The van der Waals surface area contributed by atoms with Crippen LogP contribution in [-0.2, 0) is 0 Å². The van der Waals surface area contributed by atoms with E-state index in [0.717, 1.165) is 0 Å². The molecule has 0 rings (SSSR count). The Kier molecular flexibility index (Phi) is 14.4. The molecule has 17 heavy (non-hydrogen) atoms. The smallest absolute Gasteiger partial charge is 0.0326 e. The minimum absolute atomic E-state index is 0.395. The van der Waals surface area contributed by atoms with Crippen molar-refractivity contribution in [2.45, 2.75) is 72.1 Å². The maximum Gasteiger partial charge on any atom is -0.0326 e. The normalized spacial score (nSPS) is 11.8. The fourth-order valence-corrected chi connectivity index (χ4v) is 4.81. The van der Waals surface area contributed by atoms with E-state index < -0.39 is 0 Å². The van der Waals surface area contributed by atoms with Gasteiger partial charge in [0.15, 0.2) is 0 Å². The largest absolute Gasteiger partial charge is 0.107 e. The fraction of sp³-hybridized carbons (Fsp3) is 0.875. The van der Waals surface area contributed by atoms with Crippen LogP contribution in [-0.4, -0.2) is 18.5 Å². The predicted octanol–water partition coefficient (Wildman–Crippen LogP) is 6.21. The Labute approximate surface area is 111 Å². The average Bonchev–Trinajstić information content (AvgIpc) is 2.33. The number of hydrogen-bond donors (Lipinski definition) is 0. The summed E-state index contributed by atoms with van der Waals surface area (Å²) in [4.78, 5) is 0. The molecule has 0 fully saturated rings. The topological polar surface area (TPSA) is 0 Å². The quantitative estimate of drug-likeness (QED) is 0.221. The van der Waals surface area contributed by atoms with Crippen molar-refractivity contribution in [2.24, 2.45) is 0 Å². The van der Waals surface area contributed by atoms with E-state index in [2.05, 4.69) is 32.9 Å². The Bertz CT molecular complexity index is 157. The Morgan fingerprint density at radius 2 is 1.35 bits per heavy atom. The average molecular weight is 256 g/mol. The van der Waals surface area contributed by atoms with E-state index in [1.54, 1.807) is 6.16 Å². The lowest BCUT2D eigenvalue weighted by atomic mass is 10.1. The summed E-state index contributed by atoms with van der Waals surface area (Å²) in [5, 5.41) is 0. The lowest BCUT2D eigenvalue weighted by Gasteiger charge is -2.15. The zero-order valence-electron chi connectivity index (χ0n) is 12.4. The Morgan fingerprint density at radius 3 is 1.94 bits per heavy atom. The minimum Gasteiger partial charge on any atom is -0.107 e. The predicted molar refractivity (Wildman–Crippen MR) is 84.6 cm³/mol. The molecular formula is C16H33P. The van der Waals surface area contributed by atoms with Gasteiger partial charge in [-0.05, 0) is 44.2 Å². The fourth-order valence-electron chi connectivity index (χ4n) is 2.20. The van der Waals surface area contributed by atoms with Crippen LogP contribution in [0.4, 0.5) is 0 Å².